The van der Waals surface area contributed by atoms with Gasteiger partial charge in [0.25, 0.3) is 5.91 Å². The van der Waals surface area contributed by atoms with Crippen LogP contribution in [0.3, 0.4) is 0 Å². The lowest BCUT2D eigenvalue weighted by Crippen LogP contribution is -2.24. The maximum absolute atomic E-state index is 12.9. The first-order valence-electron chi connectivity index (χ1n) is 10.6. The predicted molar refractivity (Wildman–Crippen MR) is 132 cm³/mol. The van der Waals surface area contributed by atoms with Crippen LogP contribution in [0.1, 0.15) is 54.2 Å². The summed E-state index contributed by atoms with van der Waals surface area (Å²) in [6, 6.07) is 15.2. The Morgan fingerprint density at radius 1 is 1.18 bits per heavy atom. The van der Waals surface area contributed by atoms with E-state index >= 15 is 0 Å². The molecule has 8 heteroatoms. The quantitative estimate of drug-likeness (QED) is 0.321. The molecule has 1 unspecified atom stereocenters. The molecule has 1 aromatic carbocycles. The number of anilines is 1. The lowest BCUT2D eigenvalue weighted by molar-refractivity contribution is -0.0724. The summed E-state index contributed by atoms with van der Waals surface area (Å²) >= 11 is 7.69. The SMILES string of the molecule is CC(OC(C)(C)c1csc(NC(=O)c2cccn2Cc2ccncc2)n1)c1ccccc1Cl. The van der Waals surface area contributed by atoms with Crippen molar-refractivity contribution in [3.63, 3.8) is 0 Å². The molecule has 0 aliphatic rings. The summed E-state index contributed by atoms with van der Waals surface area (Å²) < 4.78 is 8.20. The van der Waals surface area contributed by atoms with Gasteiger partial charge in [0.1, 0.15) is 11.3 Å². The van der Waals surface area contributed by atoms with E-state index in [4.69, 9.17) is 16.3 Å². The maximum atomic E-state index is 12.9. The molecule has 1 amide bonds. The highest BCUT2D eigenvalue weighted by molar-refractivity contribution is 7.14. The van der Waals surface area contributed by atoms with Gasteiger partial charge < -0.3 is 9.30 Å². The van der Waals surface area contributed by atoms with Crippen molar-refractivity contribution in [1.29, 1.82) is 0 Å². The Balaban J connectivity index is 1.44. The van der Waals surface area contributed by atoms with Crippen LogP contribution in [0.5, 0.6) is 0 Å². The lowest BCUT2D eigenvalue weighted by Gasteiger charge is -2.28. The number of hydrogen-bond donors (Lipinski definition) is 1. The molecule has 0 aliphatic carbocycles. The Hall–Kier alpha value is -3.00. The highest BCUT2D eigenvalue weighted by Gasteiger charge is 2.28. The summed E-state index contributed by atoms with van der Waals surface area (Å²) in [7, 11) is 0. The van der Waals surface area contributed by atoms with Crippen LogP contribution in [0, 0.1) is 0 Å². The third kappa shape index (κ3) is 5.50. The van der Waals surface area contributed by atoms with Crippen molar-refractivity contribution in [2.24, 2.45) is 0 Å². The van der Waals surface area contributed by atoms with E-state index in [0.29, 0.717) is 22.4 Å². The van der Waals surface area contributed by atoms with E-state index in [0.717, 1.165) is 16.8 Å². The van der Waals surface area contributed by atoms with Crippen molar-refractivity contribution < 1.29 is 9.53 Å². The van der Waals surface area contributed by atoms with Crippen LogP contribution in [0.15, 0.2) is 72.5 Å². The Morgan fingerprint density at radius 3 is 2.70 bits per heavy atom. The van der Waals surface area contributed by atoms with Crippen LogP contribution in [0.2, 0.25) is 5.02 Å². The van der Waals surface area contributed by atoms with Crippen molar-refractivity contribution in [2.75, 3.05) is 5.32 Å². The number of nitrogens with one attached hydrogen (secondary N) is 1. The zero-order valence-corrected chi connectivity index (χ0v) is 20.2. The average molecular weight is 481 g/mol. The van der Waals surface area contributed by atoms with Crippen molar-refractivity contribution >= 4 is 34.0 Å². The first kappa shape index (κ1) is 23.2. The van der Waals surface area contributed by atoms with Crippen LogP contribution >= 0.6 is 22.9 Å². The Morgan fingerprint density at radius 2 is 1.94 bits per heavy atom. The number of pyridine rings is 1. The minimum Gasteiger partial charge on any atom is -0.362 e. The molecule has 0 bridgehead atoms. The number of carbonyl (C=O) groups is 1. The number of nitrogens with zero attached hydrogens (tertiary/aromatic N) is 3. The molecule has 0 saturated carbocycles. The zero-order chi connectivity index (χ0) is 23.4. The van der Waals surface area contributed by atoms with Gasteiger partial charge in [-0.2, -0.15) is 0 Å². The van der Waals surface area contributed by atoms with Crippen LogP contribution in [-0.2, 0) is 16.9 Å². The van der Waals surface area contributed by atoms with Crippen LogP contribution < -0.4 is 5.32 Å². The molecule has 3 heterocycles. The van der Waals surface area contributed by atoms with Gasteiger partial charge in [0.15, 0.2) is 5.13 Å². The summed E-state index contributed by atoms with van der Waals surface area (Å²) in [6.45, 7) is 6.47. The number of carbonyl (C=O) groups excluding carboxylic acids is 1. The van der Waals surface area contributed by atoms with E-state index in [1.54, 1.807) is 18.5 Å². The Bertz CT molecular complexity index is 1240. The number of ether oxygens (including phenoxy) is 1. The largest absolute Gasteiger partial charge is 0.362 e. The first-order chi connectivity index (χ1) is 15.8. The summed E-state index contributed by atoms with van der Waals surface area (Å²) in [5.74, 6) is -0.210. The molecule has 6 nitrogen and oxygen atoms in total. The van der Waals surface area contributed by atoms with E-state index in [-0.39, 0.29) is 12.0 Å². The Kier molecular flexibility index (Phi) is 6.93. The fraction of sp³-hybridized carbons (Fsp3) is 0.240. The topological polar surface area (TPSA) is 69.0 Å². The summed E-state index contributed by atoms with van der Waals surface area (Å²) in [6.07, 6.45) is 5.15. The van der Waals surface area contributed by atoms with Gasteiger partial charge in [-0.1, -0.05) is 29.8 Å². The minimum atomic E-state index is -0.667. The fourth-order valence-electron chi connectivity index (χ4n) is 3.58. The third-order valence-electron chi connectivity index (χ3n) is 5.32. The number of rotatable bonds is 8. The van der Waals surface area contributed by atoms with Gasteiger partial charge in [0.05, 0.1) is 11.8 Å². The lowest BCUT2D eigenvalue weighted by atomic mass is 10.0. The second-order valence-electron chi connectivity index (χ2n) is 8.16. The van der Waals surface area contributed by atoms with Crippen LogP contribution in [0.25, 0.3) is 0 Å². The molecule has 1 N–H and O–H groups in total. The zero-order valence-electron chi connectivity index (χ0n) is 18.7. The standard InChI is InChI=1S/C25H25ClN4O2S/c1-17(19-7-4-5-8-20(19)26)32-25(2,3)22-16-33-24(28-22)29-23(31)21-9-6-14-30(21)15-18-10-12-27-13-11-18/h4-14,16-17H,15H2,1-3H3,(H,28,29,31). The number of halogens is 1. The molecular weight excluding hydrogens is 456 g/mol. The molecular formula is C25H25ClN4O2S. The molecule has 0 saturated heterocycles. The van der Waals surface area contributed by atoms with Gasteiger partial charge >= 0.3 is 0 Å². The van der Waals surface area contributed by atoms with E-state index in [1.807, 2.05) is 79.4 Å². The van der Waals surface area contributed by atoms with Gasteiger partial charge in [-0.15, -0.1) is 11.3 Å². The molecule has 0 spiro atoms. The van der Waals surface area contributed by atoms with Crippen molar-refractivity contribution in [2.45, 2.75) is 39.0 Å². The summed E-state index contributed by atoms with van der Waals surface area (Å²) in [5.41, 5.74) is 2.63. The number of aromatic nitrogens is 3. The first-order valence-corrected chi connectivity index (χ1v) is 11.8. The van der Waals surface area contributed by atoms with E-state index in [1.165, 1.54) is 11.3 Å². The molecule has 0 radical (unpaired) electrons. The number of hydrogen-bond acceptors (Lipinski definition) is 5. The van der Waals surface area contributed by atoms with E-state index in [9.17, 15) is 4.79 Å². The molecule has 3 aromatic heterocycles. The average Bonchev–Trinajstić information content (AvgIpc) is 3.44. The Labute approximate surface area is 202 Å². The van der Waals surface area contributed by atoms with Crippen molar-refractivity contribution in [3.05, 3.63) is 100 Å². The van der Waals surface area contributed by atoms with Gasteiger partial charge in [-0.05, 0) is 62.2 Å². The monoisotopic (exact) mass is 480 g/mol. The smallest absolute Gasteiger partial charge is 0.274 e. The van der Waals surface area contributed by atoms with Gasteiger partial charge in [0, 0.05) is 35.5 Å². The molecule has 0 fully saturated rings. The second-order valence-corrected chi connectivity index (χ2v) is 9.43. The van der Waals surface area contributed by atoms with Crippen molar-refractivity contribution in [1.82, 2.24) is 14.5 Å². The van der Waals surface area contributed by atoms with Gasteiger partial charge in [-0.3, -0.25) is 15.1 Å². The van der Waals surface area contributed by atoms with E-state index in [2.05, 4.69) is 15.3 Å². The molecule has 0 aliphatic heterocycles. The molecule has 170 valence electrons. The molecule has 1 atom stereocenters. The van der Waals surface area contributed by atoms with Crippen molar-refractivity contribution in [3.8, 4) is 0 Å². The van der Waals surface area contributed by atoms with E-state index < -0.39 is 5.60 Å². The van der Waals surface area contributed by atoms with Crippen LogP contribution in [0.4, 0.5) is 5.13 Å². The van der Waals surface area contributed by atoms with Crippen LogP contribution in [-0.4, -0.2) is 20.4 Å². The van der Waals surface area contributed by atoms with Gasteiger partial charge in [-0.25, -0.2) is 4.98 Å². The summed E-state index contributed by atoms with van der Waals surface area (Å²) in [5, 5.41) is 6.01. The molecule has 33 heavy (non-hydrogen) atoms. The normalized spacial score (nSPS) is 12.5. The minimum absolute atomic E-state index is 0.210. The highest BCUT2D eigenvalue weighted by Crippen LogP contribution is 2.35. The van der Waals surface area contributed by atoms with Gasteiger partial charge in [0.2, 0.25) is 0 Å². The fourth-order valence-corrected chi connectivity index (χ4v) is 4.73. The summed E-state index contributed by atoms with van der Waals surface area (Å²) in [4.78, 5) is 21.6. The predicted octanol–water partition coefficient (Wildman–Crippen LogP) is 6.31. The number of amides is 1. The second kappa shape index (κ2) is 9.87. The number of benzene rings is 1. The molecule has 4 rings (SSSR count). The maximum Gasteiger partial charge on any atom is 0.274 e. The third-order valence-corrected chi connectivity index (χ3v) is 6.42. The highest BCUT2D eigenvalue weighted by atomic mass is 35.5. The number of thiazole rings is 1. The molecule has 4 aromatic rings.